The molecule has 0 atom stereocenters. The highest BCUT2D eigenvalue weighted by molar-refractivity contribution is 7.19. The number of carboxylic acid groups (broad SMARTS) is 1. The summed E-state index contributed by atoms with van der Waals surface area (Å²) in [6.45, 7) is 0. The molecule has 0 aliphatic carbocycles. The first-order chi connectivity index (χ1) is 8.63. The van der Waals surface area contributed by atoms with Gasteiger partial charge in [0.1, 0.15) is 5.01 Å². The van der Waals surface area contributed by atoms with Crippen LogP contribution in [0.3, 0.4) is 0 Å². The lowest BCUT2D eigenvalue weighted by molar-refractivity contribution is 0.0691. The number of benzene rings is 1. The summed E-state index contributed by atoms with van der Waals surface area (Å²) < 4.78 is 1.47. The van der Waals surface area contributed by atoms with Crippen LogP contribution in [0.4, 0.5) is 0 Å². The van der Waals surface area contributed by atoms with Crippen molar-refractivity contribution in [2.75, 3.05) is 0 Å². The van der Waals surface area contributed by atoms with Crippen LogP contribution in [0, 0.1) is 0 Å². The molecule has 2 aromatic heterocycles. The number of hydrogen-bond acceptors (Lipinski definition) is 4. The second-order valence-electron chi connectivity index (χ2n) is 3.57. The molecular weight excluding hydrogens is 274 g/mol. The summed E-state index contributed by atoms with van der Waals surface area (Å²) in [5.74, 6) is -1.05. The van der Waals surface area contributed by atoms with Crippen LogP contribution < -0.4 is 0 Å². The molecule has 2 heterocycles. The second-order valence-corrected chi connectivity index (χ2v) is 4.96. The monoisotopic (exact) mass is 279 g/mol. The highest BCUT2D eigenvalue weighted by atomic mass is 35.5. The van der Waals surface area contributed by atoms with Gasteiger partial charge in [-0.3, -0.25) is 0 Å². The first-order valence-electron chi connectivity index (χ1n) is 4.99. The normalized spacial score (nSPS) is 10.9. The molecule has 0 aliphatic heterocycles. The van der Waals surface area contributed by atoms with Gasteiger partial charge in [-0.1, -0.05) is 35.1 Å². The molecule has 1 N–H and O–H groups in total. The van der Waals surface area contributed by atoms with E-state index < -0.39 is 5.97 Å². The van der Waals surface area contributed by atoms with Crippen molar-refractivity contribution in [1.29, 1.82) is 0 Å². The number of imidazole rings is 1. The third-order valence-electron chi connectivity index (χ3n) is 2.35. The highest BCUT2D eigenvalue weighted by Crippen LogP contribution is 2.26. The molecule has 0 saturated heterocycles. The van der Waals surface area contributed by atoms with Crippen molar-refractivity contribution >= 4 is 33.9 Å². The van der Waals surface area contributed by atoms with E-state index >= 15 is 0 Å². The minimum atomic E-state index is -1.05. The Labute approximate surface area is 110 Å². The third-order valence-corrected chi connectivity index (χ3v) is 3.58. The lowest BCUT2D eigenvalue weighted by atomic mass is 10.2. The van der Waals surface area contributed by atoms with Gasteiger partial charge in [-0.25, -0.2) is 14.3 Å². The molecule has 7 heteroatoms. The number of fused-ring (bicyclic) bond motifs is 1. The summed E-state index contributed by atoms with van der Waals surface area (Å²) >= 11 is 7.14. The Morgan fingerprint density at radius 3 is 2.67 bits per heavy atom. The molecule has 5 nitrogen and oxygen atoms in total. The molecule has 0 radical (unpaired) electrons. The summed E-state index contributed by atoms with van der Waals surface area (Å²) in [7, 11) is 0. The molecule has 18 heavy (non-hydrogen) atoms. The Balaban J connectivity index is 2.06. The number of nitrogens with zero attached hydrogens (tertiary/aromatic N) is 3. The Bertz CT molecular complexity index is 701. The summed E-state index contributed by atoms with van der Waals surface area (Å²) in [6, 6.07) is 7.28. The second kappa shape index (κ2) is 4.08. The maximum Gasteiger partial charge on any atom is 0.356 e. The molecule has 0 amide bonds. The fourth-order valence-electron chi connectivity index (χ4n) is 1.51. The van der Waals surface area contributed by atoms with Crippen molar-refractivity contribution in [3.8, 4) is 10.6 Å². The van der Waals surface area contributed by atoms with Crippen LogP contribution in [0.5, 0.6) is 0 Å². The van der Waals surface area contributed by atoms with Gasteiger partial charge in [0.15, 0.2) is 5.69 Å². The first kappa shape index (κ1) is 11.2. The van der Waals surface area contributed by atoms with E-state index in [0.717, 1.165) is 10.6 Å². The van der Waals surface area contributed by atoms with Crippen LogP contribution in [0.25, 0.3) is 15.5 Å². The van der Waals surface area contributed by atoms with Crippen LogP contribution in [-0.4, -0.2) is 25.7 Å². The Hall–Kier alpha value is -1.92. The maximum atomic E-state index is 10.7. The predicted octanol–water partition coefficient (Wildman–Crippen LogP) is 2.81. The zero-order valence-electron chi connectivity index (χ0n) is 8.87. The molecule has 1 aromatic carbocycles. The maximum absolute atomic E-state index is 10.7. The zero-order chi connectivity index (χ0) is 12.7. The SMILES string of the molecule is O=C(O)c1cn2nc(-c3ccc(Cl)cc3)sc2n1. The van der Waals surface area contributed by atoms with E-state index in [1.807, 2.05) is 12.1 Å². The summed E-state index contributed by atoms with van der Waals surface area (Å²) in [5, 5.41) is 14.5. The Morgan fingerprint density at radius 1 is 1.33 bits per heavy atom. The van der Waals surface area contributed by atoms with Crippen molar-refractivity contribution in [2.45, 2.75) is 0 Å². The van der Waals surface area contributed by atoms with Crippen LogP contribution in [0.1, 0.15) is 10.5 Å². The van der Waals surface area contributed by atoms with Gasteiger partial charge in [-0.05, 0) is 12.1 Å². The van der Waals surface area contributed by atoms with E-state index in [-0.39, 0.29) is 5.69 Å². The molecule has 0 fully saturated rings. The van der Waals surface area contributed by atoms with Crippen LogP contribution in [0.15, 0.2) is 30.5 Å². The highest BCUT2D eigenvalue weighted by Gasteiger charge is 2.13. The Kier molecular flexibility index (Phi) is 2.53. The number of aromatic carboxylic acids is 1. The molecule has 0 bridgehead atoms. The first-order valence-corrected chi connectivity index (χ1v) is 6.18. The van der Waals surface area contributed by atoms with Crippen molar-refractivity contribution in [1.82, 2.24) is 14.6 Å². The van der Waals surface area contributed by atoms with Gasteiger partial charge in [-0.15, -0.1) is 0 Å². The smallest absolute Gasteiger partial charge is 0.356 e. The Morgan fingerprint density at radius 2 is 2.06 bits per heavy atom. The zero-order valence-corrected chi connectivity index (χ0v) is 10.4. The molecule has 0 saturated carbocycles. The van der Waals surface area contributed by atoms with Crippen molar-refractivity contribution in [3.05, 3.63) is 41.2 Å². The van der Waals surface area contributed by atoms with E-state index in [0.29, 0.717) is 9.98 Å². The lowest BCUT2D eigenvalue weighted by Gasteiger charge is -1.94. The topological polar surface area (TPSA) is 67.5 Å². The molecule has 3 aromatic rings. The number of carbonyl (C=O) groups is 1. The molecular formula is C11H6ClN3O2S. The van der Waals surface area contributed by atoms with Crippen molar-refractivity contribution in [3.63, 3.8) is 0 Å². The summed E-state index contributed by atoms with van der Waals surface area (Å²) in [6.07, 6.45) is 1.40. The van der Waals surface area contributed by atoms with Crippen LogP contribution >= 0.6 is 22.9 Å². The standard InChI is InChI=1S/C11H6ClN3O2S/c12-7-3-1-6(2-4-7)9-14-15-5-8(10(16)17)13-11(15)18-9/h1-5H,(H,16,17). The van der Waals surface area contributed by atoms with E-state index in [1.165, 1.54) is 22.0 Å². The number of carboxylic acids is 1. The van der Waals surface area contributed by atoms with E-state index in [9.17, 15) is 4.79 Å². The van der Waals surface area contributed by atoms with Crippen molar-refractivity contribution in [2.24, 2.45) is 0 Å². The number of aromatic nitrogens is 3. The molecule has 0 unspecified atom stereocenters. The summed E-state index contributed by atoms with van der Waals surface area (Å²) in [4.78, 5) is 15.3. The fraction of sp³-hybridized carbons (Fsp3) is 0. The van der Waals surface area contributed by atoms with Gasteiger partial charge in [0.2, 0.25) is 4.96 Å². The van der Waals surface area contributed by atoms with Gasteiger partial charge < -0.3 is 5.11 Å². The van der Waals surface area contributed by atoms with E-state index in [2.05, 4.69) is 10.1 Å². The molecule has 0 spiro atoms. The van der Waals surface area contributed by atoms with Gasteiger partial charge in [0.05, 0.1) is 6.20 Å². The van der Waals surface area contributed by atoms with E-state index in [1.54, 1.807) is 12.1 Å². The third kappa shape index (κ3) is 1.85. The average molecular weight is 280 g/mol. The minimum absolute atomic E-state index is 0.00333. The predicted molar refractivity (Wildman–Crippen MR) is 68.3 cm³/mol. The number of hydrogen-bond donors (Lipinski definition) is 1. The largest absolute Gasteiger partial charge is 0.476 e. The van der Waals surface area contributed by atoms with Gasteiger partial charge >= 0.3 is 5.97 Å². The van der Waals surface area contributed by atoms with Gasteiger partial charge in [-0.2, -0.15) is 5.10 Å². The quantitative estimate of drug-likeness (QED) is 0.783. The van der Waals surface area contributed by atoms with Crippen LogP contribution in [-0.2, 0) is 0 Å². The lowest BCUT2D eigenvalue weighted by Crippen LogP contribution is -1.95. The van der Waals surface area contributed by atoms with Crippen molar-refractivity contribution < 1.29 is 9.90 Å². The fourth-order valence-corrected chi connectivity index (χ4v) is 2.53. The average Bonchev–Trinajstić information content (AvgIpc) is 2.87. The van der Waals surface area contributed by atoms with Gasteiger partial charge in [0.25, 0.3) is 0 Å². The van der Waals surface area contributed by atoms with Gasteiger partial charge in [0, 0.05) is 10.6 Å². The van der Waals surface area contributed by atoms with E-state index in [4.69, 9.17) is 16.7 Å². The molecule has 0 aliphatic rings. The van der Waals surface area contributed by atoms with Crippen LogP contribution in [0.2, 0.25) is 5.02 Å². The minimum Gasteiger partial charge on any atom is -0.476 e. The number of rotatable bonds is 2. The summed E-state index contributed by atoms with van der Waals surface area (Å²) in [5.41, 5.74) is 0.920. The molecule has 90 valence electrons. The molecule has 3 rings (SSSR count). The number of halogens is 1.